The van der Waals surface area contributed by atoms with E-state index in [9.17, 15) is 9.59 Å². The maximum Gasteiger partial charge on any atom is 0.193 e. The Hall–Kier alpha value is -3.28. The van der Waals surface area contributed by atoms with Crippen molar-refractivity contribution in [3.8, 4) is 28.6 Å². The van der Waals surface area contributed by atoms with Gasteiger partial charge < -0.3 is 18.6 Å². The van der Waals surface area contributed by atoms with Crippen molar-refractivity contribution in [3.63, 3.8) is 0 Å². The molecule has 0 radical (unpaired) electrons. The minimum Gasteiger partial charge on any atom is -0.496 e. The van der Waals surface area contributed by atoms with Crippen LogP contribution >= 0.6 is 0 Å². The molecule has 0 aliphatic rings. The van der Waals surface area contributed by atoms with Gasteiger partial charge in [-0.3, -0.25) is 9.59 Å². The van der Waals surface area contributed by atoms with Gasteiger partial charge in [0, 0.05) is 11.6 Å². The second-order valence-corrected chi connectivity index (χ2v) is 5.68. The maximum absolute atomic E-state index is 12.6. The number of benzene rings is 2. The van der Waals surface area contributed by atoms with E-state index in [0.29, 0.717) is 23.4 Å². The average Bonchev–Trinajstić information content (AvgIpc) is 2.66. The number of fused-ring (bicyclic) bond motifs is 1. The smallest absolute Gasteiger partial charge is 0.193 e. The highest BCUT2D eigenvalue weighted by Crippen LogP contribution is 2.37. The summed E-state index contributed by atoms with van der Waals surface area (Å²) in [4.78, 5) is 24.3. The lowest BCUT2D eigenvalue weighted by molar-refractivity contribution is 0.112. The molecule has 0 saturated heterocycles. The molecule has 0 unspecified atom stereocenters. The fourth-order valence-electron chi connectivity index (χ4n) is 2.92. The van der Waals surface area contributed by atoms with E-state index in [1.165, 1.54) is 26.4 Å². The fraction of sp³-hybridized carbons (Fsp3) is 0.200. The minimum atomic E-state index is -0.279. The summed E-state index contributed by atoms with van der Waals surface area (Å²) in [6.45, 7) is 1.90. The first-order valence-electron chi connectivity index (χ1n) is 7.87. The highest BCUT2D eigenvalue weighted by atomic mass is 16.5. The number of aryl methyl sites for hydroxylation is 1. The Morgan fingerprint density at radius 2 is 1.69 bits per heavy atom. The third kappa shape index (κ3) is 2.79. The molecule has 134 valence electrons. The summed E-state index contributed by atoms with van der Waals surface area (Å²) in [5, 5.41) is 0.249. The van der Waals surface area contributed by atoms with Gasteiger partial charge in [0.1, 0.15) is 17.1 Å². The molecule has 0 bridgehead atoms. The molecule has 0 fully saturated rings. The normalized spacial score (nSPS) is 10.6. The van der Waals surface area contributed by atoms with Crippen LogP contribution in [0.15, 0.2) is 39.5 Å². The zero-order valence-electron chi connectivity index (χ0n) is 14.9. The van der Waals surface area contributed by atoms with E-state index < -0.39 is 0 Å². The monoisotopic (exact) mass is 354 g/mol. The Morgan fingerprint density at radius 3 is 2.27 bits per heavy atom. The van der Waals surface area contributed by atoms with Crippen LogP contribution in [0, 0.1) is 6.92 Å². The number of hydrogen-bond acceptors (Lipinski definition) is 6. The van der Waals surface area contributed by atoms with Crippen LogP contribution in [-0.4, -0.2) is 27.6 Å². The molecular formula is C20H18O6. The van der Waals surface area contributed by atoms with Gasteiger partial charge in [-0.15, -0.1) is 0 Å². The largest absolute Gasteiger partial charge is 0.496 e. The molecule has 26 heavy (non-hydrogen) atoms. The third-order valence-corrected chi connectivity index (χ3v) is 4.19. The van der Waals surface area contributed by atoms with Crippen molar-refractivity contribution in [3.05, 3.63) is 51.7 Å². The fourth-order valence-corrected chi connectivity index (χ4v) is 2.92. The van der Waals surface area contributed by atoms with Crippen molar-refractivity contribution in [2.24, 2.45) is 0 Å². The molecular weight excluding hydrogens is 336 g/mol. The van der Waals surface area contributed by atoms with Gasteiger partial charge in [-0.1, -0.05) is 0 Å². The minimum absolute atomic E-state index is 0.131. The summed E-state index contributed by atoms with van der Waals surface area (Å²) in [6, 6.07) is 8.34. The van der Waals surface area contributed by atoms with E-state index in [-0.39, 0.29) is 27.7 Å². The van der Waals surface area contributed by atoms with Crippen molar-refractivity contribution < 1.29 is 23.4 Å². The van der Waals surface area contributed by atoms with Gasteiger partial charge in [0.05, 0.1) is 26.7 Å². The van der Waals surface area contributed by atoms with Crippen LogP contribution in [0.5, 0.6) is 17.2 Å². The summed E-state index contributed by atoms with van der Waals surface area (Å²) in [5.41, 5.74) is 1.61. The molecule has 6 heteroatoms. The number of aldehydes is 1. The molecule has 0 atom stereocenters. The molecule has 0 aliphatic heterocycles. The number of methoxy groups -OCH3 is 3. The predicted molar refractivity (Wildman–Crippen MR) is 97.7 cm³/mol. The van der Waals surface area contributed by atoms with Crippen LogP contribution in [0.4, 0.5) is 0 Å². The van der Waals surface area contributed by atoms with Crippen LogP contribution in [0.2, 0.25) is 0 Å². The molecule has 0 amide bonds. The summed E-state index contributed by atoms with van der Waals surface area (Å²) in [6.07, 6.45) is 0.593. The molecule has 2 aromatic carbocycles. The highest BCUT2D eigenvalue weighted by molar-refractivity contribution is 5.99. The van der Waals surface area contributed by atoms with Crippen molar-refractivity contribution in [2.45, 2.75) is 6.92 Å². The summed E-state index contributed by atoms with van der Waals surface area (Å²) < 4.78 is 21.7. The topological polar surface area (TPSA) is 75.0 Å². The van der Waals surface area contributed by atoms with Crippen molar-refractivity contribution in [1.82, 2.24) is 0 Å². The lowest BCUT2D eigenvalue weighted by Crippen LogP contribution is -2.05. The molecule has 1 heterocycles. The van der Waals surface area contributed by atoms with E-state index in [1.54, 1.807) is 19.2 Å². The van der Waals surface area contributed by atoms with Gasteiger partial charge in [0.25, 0.3) is 0 Å². The first-order chi connectivity index (χ1) is 12.5. The molecule has 0 N–H and O–H groups in total. The van der Waals surface area contributed by atoms with Crippen LogP contribution in [0.25, 0.3) is 22.3 Å². The zero-order valence-corrected chi connectivity index (χ0v) is 14.9. The molecule has 1 aromatic heterocycles. The second-order valence-electron chi connectivity index (χ2n) is 5.68. The van der Waals surface area contributed by atoms with E-state index in [2.05, 4.69) is 0 Å². The maximum atomic E-state index is 12.6. The molecule has 6 nitrogen and oxygen atoms in total. The number of carbonyl (C=O) groups excluding carboxylic acids is 1. The van der Waals surface area contributed by atoms with E-state index in [4.69, 9.17) is 18.6 Å². The number of rotatable bonds is 5. The Bertz CT molecular complexity index is 1050. The average molecular weight is 354 g/mol. The van der Waals surface area contributed by atoms with Crippen LogP contribution in [0.1, 0.15) is 15.9 Å². The molecule has 0 spiro atoms. The lowest BCUT2D eigenvalue weighted by atomic mass is 10.1. The SMILES string of the molecule is COc1ccc(-c2cc(=O)c3cc(OC)c(OC)c(C=O)c3o2)cc1C. The van der Waals surface area contributed by atoms with Crippen LogP contribution in [0.3, 0.4) is 0 Å². The van der Waals surface area contributed by atoms with Crippen molar-refractivity contribution in [1.29, 1.82) is 0 Å². The van der Waals surface area contributed by atoms with Crippen LogP contribution < -0.4 is 19.6 Å². The predicted octanol–water partition coefficient (Wildman–Crippen LogP) is 3.61. The molecule has 3 aromatic rings. The van der Waals surface area contributed by atoms with Gasteiger partial charge in [0.15, 0.2) is 28.8 Å². The summed E-state index contributed by atoms with van der Waals surface area (Å²) in [5.74, 6) is 1.60. The number of carbonyl (C=O) groups is 1. The molecule has 0 aliphatic carbocycles. The standard InChI is InChI=1S/C20H18O6/c1-11-7-12(5-6-16(11)23-2)17-9-15(22)13-8-18(24-3)20(25-4)14(10-21)19(13)26-17/h5-10H,1-4H3. The highest BCUT2D eigenvalue weighted by Gasteiger charge is 2.19. The van der Waals surface area contributed by atoms with Gasteiger partial charge in [0.2, 0.25) is 0 Å². The van der Waals surface area contributed by atoms with Gasteiger partial charge in [-0.25, -0.2) is 0 Å². The van der Waals surface area contributed by atoms with Crippen LogP contribution in [-0.2, 0) is 0 Å². The first kappa shape index (κ1) is 17.5. The van der Waals surface area contributed by atoms with Crippen molar-refractivity contribution >= 4 is 17.3 Å². The Balaban J connectivity index is 2.32. The van der Waals surface area contributed by atoms with E-state index in [1.807, 2.05) is 13.0 Å². The summed E-state index contributed by atoms with van der Waals surface area (Å²) >= 11 is 0. The number of hydrogen-bond donors (Lipinski definition) is 0. The van der Waals surface area contributed by atoms with Gasteiger partial charge in [-0.05, 0) is 36.8 Å². The van der Waals surface area contributed by atoms with E-state index in [0.717, 1.165) is 11.3 Å². The van der Waals surface area contributed by atoms with Gasteiger partial charge >= 0.3 is 0 Å². The Morgan fingerprint density at radius 1 is 0.962 bits per heavy atom. The Labute approximate surface area is 149 Å². The Kier molecular flexibility index (Phi) is 4.67. The zero-order chi connectivity index (χ0) is 18.8. The van der Waals surface area contributed by atoms with E-state index >= 15 is 0 Å². The molecule has 0 saturated carbocycles. The second kappa shape index (κ2) is 6.92. The van der Waals surface area contributed by atoms with Crippen molar-refractivity contribution in [2.75, 3.05) is 21.3 Å². The lowest BCUT2D eigenvalue weighted by Gasteiger charge is -2.13. The number of ether oxygens (including phenoxy) is 3. The third-order valence-electron chi connectivity index (χ3n) is 4.19. The quantitative estimate of drug-likeness (QED) is 0.652. The van der Waals surface area contributed by atoms with Gasteiger partial charge in [-0.2, -0.15) is 0 Å². The molecule has 3 rings (SSSR count). The first-order valence-corrected chi connectivity index (χ1v) is 7.87. The summed E-state index contributed by atoms with van der Waals surface area (Å²) in [7, 11) is 4.45.